The van der Waals surface area contributed by atoms with Crippen LogP contribution in [0, 0.1) is 0 Å². The Hall–Kier alpha value is -0.370. The molecule has 0 aromatic heterocycles. The van der Waals surface area contributed by atoms with Gasteiger partial charge >= 0.3 is 0 Å². The average molecular weight is 145 g/mol. The van der Waals surface area contributed by atoms with Crippen LogP contribution >= 0.6 is 0 Å². The van der Waals surface area contributed by atoms with E-state index in [1.165, 1.54) is 0 Å². The number of hydrogen-bond donors (Lipinski definition) is 1. The van der Waals surface area contributed by atoms with E-state index in [1.54, 1.807) is 0 Å². The minimum absolute atomic E-state index is 0.0300. The number of rotatable bonds is 3. The first-order valence-electron chi connectivity index (χ1n) is 3.94. The lowest BCUT2D eigenvalue weighted by Crippen LogP contribution is -2.18. The van der Waals surface area contributed by atoms with Crippen LogP contribution in [-0.4, -0.2) is 11.8 Å². The van der Waals surface area contributed by atoms with Gasteiger partial charge in [0, 0.05) is 18.9 Å². The molecule has 0 radical (unpaired) electrons. The summed E-state index contributed by atoms with van der Waals surface area (Å²) >= 11 is 0. The second kappa shape index (κ2) is 8.63. The Morgan fingerprint density at radius 1 is 1.50 bits per heavy atom. The Labute approximate surface area is 63.8 Å². The number of hydrogen-bond acceptors (Lipinski definition) is 2. The summed E-state index contributed by atoms with van der Waals surface area (Å²) < 4.78 is 0. The van der Waals surface area contributed by atoms with Crippen molar-refractivity contribution in [1.82, 2.24) is 0 Å². The standard InChI is InChI=1S/C6H13NO.C2H6/c1-3-6(8)4-5(2)7;1-2/h5H,3-4,7H2,1-2H3;1-2H3. The first-order chi connectivity index (χ1) is 4.66. The monoisotopic (exact) mass is 145 g/mol. The van der Waals surface area contributed by atoms with Crippen LogP contribution in [-0.2, 0) is 4.79 Å². The molecule has 0 bridgehead atoms. The highest BCUT2D eigenvalue weighted by Crippen LogP contribution is 1.90. The van der Waals surface area contributed by atoms with Crippen molar-refractivity contribution in [3.8, 4) is 0 Å². The fourth-order valence-corrected chi connectivity index (χ4v) is 0.503. The van der Waals surface area contributed by atoms with Crippen LogP contribution in [0.1, 0.15) is 40.5 Å². The second-order valence-corrected chi connectivity index (χ2v) is 2.07. The van der Waals surface area contributed by atoms with Crippen LogP contribution in [0.25, 0.3) is 0 Å². The first-order valence-corrected chi connectivity index (χ1v) is 3.94. The molecule has 0 heterocycles. The van der Waals surface area contributed by atoms with Crippen LogP contribution in [0.15, 0.2) is 0 Å². The van der Waals surface area contributed by atoms with Crippen molar-refractivity contribution in [1.29, 1.82) is 0 Å². The van der Waals surface area contributed by atoms with Gasteiger partial charge in [0.2, 0.25) is 0 Å². The van der Waals surface area contributed by atoms with Crippen LogP contribution in [0.3, 0.4) is 0 Å². The van der Waals surface area contributed by atoms with E-state index in [0.717, 1.165) is 0 Å². The SMILES string of the molecule is CC.CCC(=O)CC(C)N. The van der Waals surface area contributed by atoms with Crippen molar-refractivity contribution in [2.45, 2.75) is 46.6 Å². The lowest BCUT2D eigenvalue weighted by Gasteiger charge is -1.99. The van der Waals surface area contributed by atoms with E-state index in [1.807, 2.05) is 27.7 Å². The molecule has 0 fully saturated rings. The Kier molecular flexibility index (Phi) is 10.6. The van der Waals surface area contributed by atoms with Crippen LogP contribution < -0.4 is 5.73 Å². The molecular formula is C8H19NO. The van der Waals surface area contributed by atoms with Gasteiger partial charge < -0.3 is 5.73 Å². The van der Waals surface area contributed by atoms with Gasteiger partial charge in [0.05, 0.1) is 0 Å². The van der Waals surface area contributed by atoms with Gasteiger partial charge in [-0.2, -0.15) is 0 Å². The van der Waals surface area contributed by atoms with E-state index in [0.29, 0.717) is 12.8 Å². The molecule has 2 heteroatoms. The third-order valence-electron chi connectivity index (χ3n) is 0.944. The molecule has 10 heavy (non-hydrogen) atoms. The summed E-state index contributed by atoms with van der Waals surface area (Å²) in [7, 11) is 0. The fraction of sp³-hybridized carbons (Fsp3) is 0.875. The molecule has 1 atom stereocenters. The Morgan fingerprint density at radius 2 is 1.90 bits per heavy atom. The Bertz CT molecular complexity index is 79.3. The van der Waals surface area contributed by atoms with Gasteiger partial charge in [0.1, 0.15) is 5.78 Å². The van der Waals surface area contributed by atoms with Crippen molar-refractivity contribution in [2.75, 3.05) is 0 Å². The fourth-order valence-electron chi connectivity index (χ4n) is 0.503. The van der Waals surface area contributed by atoms with E-state index < -0.39 is 0 Å². The molecule has 0 aromatic rings. The van der Waals surface area contributed by atoms with Crippen molar-refractivity contribution in [3.63, 3.8) is 0 Å². The van der Waals surface area contributed by atoms with E-state index >= 15 is 0 Å². The third-order valence-corrected chi connectivity index (χ3v) is 0.944. The van der Waals surface area contributed by atoms with Gasteiger partial charge in [-0.25, -0.2) is 0 Å². The lowest BCUT2D eigenvalue weighted by molar-refractivity contribution is -0.118. The molecule has 62 valence electrons. The summed E-state index contributed by atoms with van der Waals surface area (Å²) in [6.07, 6.45) is 1.14. The van der Waals surface area contributed by atoms with Crippen molar-refractivity contribution >= 4 is 5.78 Å². The molecule has 0 aromatic carbocycles. The first kappa shape index (κ1) is 12.3. The summed E-state index contributed by atoms with van der Waals surface area (Å²) in [4.78, 5) is 10.5. The molecular weight excluding hydrogens is 126 g/mol. The number of carbonyl (C=O) groups is 1. The van der Waals surface area contributed by atoms with Crippen molar-refractivity contribution in [2.24, 2.45) is 5.73 Å². The molecule has 0 saturated carbocycles. The van der Waals surface area contributed by atoms with Gasteiger partial charge in [0.25, 0.3) is 0 Å². The third kappa shape index (κ3) is 10.6. The van der Waals surface area contributed by atoms with E-state index in [4.69, 9.17) is 5.73 Å². The summed E-state index contributed by atoms with van der Waals surface area (Å²) in [5.41, 5.74) is 5.35. The van der Waals surface area contributed by atoms with Crippen LogP contribution in [0.5, 0.6) is 0 Å². The van der Waals surface area contributed by atoms with Crippen molar-refractivity contribution in [3.05, 3.63) is 0 Å². The highest BCUT2D eigenvalue weighted by molar-refractivity contribution is 5.78. The Balaban J connectivity index is 0. The maximum Gasteiger partial charge on any atom is 0.134 e. The quantitative estimate of drug-likeness (QED) is 0.657. The molecule has 0 aliphatic carbocycles. The molecule has 2 N–H and O–H groups in total. The smallest absolute Gasteiger partial charge is 0.134 e. The minimum Gasteiger partial charge on any atom is -0.328 e. The zero-order chi connectivity index (χ0) is 8.57. The molecule has 0 saturated heterocycles. The van der Waals surface area contributed by atoms with Gasteiger partial charge in [0.15, 0.2) is 0 Å². The van der Waals surface area contributed by atoms with Gasteiger partial charge in [-0.3, -0.25) is 4.79 Å². The molecule has 0 spiro atoms. The minimum atomic E-state index is 0.0300. The predicted octanol–water partition coefficient (Wildman–Crippen LogP) is 1.73. The van der Waals surface area contributed by atoms with Crippen LogP contribution in [0.4, 0.5) is 0 Å². The Morgan fingerprint density at radius 3 is 2.00 bits per heavy atom. The van der Waals surface area contributed by atoms with E-state index in [-0.39, 0.29) is 11.8 Å². The number of Topliss-reactive ketones (excluding diaryl/α,β-unsaturated/α-hetero) is 1. The van der Waals surface area contributed by atoms with E-state index in [2.05, 4.69) is 0 Å². The molecule has 1 unspecified atom stereocenters. The summed E-state index contributed by atoms with van der Waals surface area (Å²) in [6, 6.07) is 0.0300. The predicted molar refractivity (Wildman–Crippen MR) is 44.9 cm³/mol. The number of ketones is 1. The normalized spacial score (nSPS) is 11.3. The maximum absolute atomic E-state index is 10.5. The second-order valence-electron chi connectivity index (χ2n) is 2.07. The highest BCUT2D eigenvalue weighted by Gasteiger charge is 1.99. The average Bonchev–Trinajstić information content (AvgIpc) is 1.91. The molecule has 0 aliphatic heterocycles. The van der Waals surface area contributed by atoms with Gasteiger partial charge in [-0.05, 0) is 6.92 Å². The highest BCUT2D eigenvalue weighted by atomic mass is 16.1. The zero-order valence-corrected chi connectivity index (χ0v) is 7.48. The topological polar surface area (TPSA) is 43.1 Å². The summed E-state index contributed by atoms with van der Waals surface area (Å²) in [5, 5.41) is 0. The van der Waals surface area contributed by atoms with Crippen LogP contribution in [0.2, 0.25) is 0 Å². The summed E-state index contributed by atoms with van der Waals surface area (Å²) in [6.45, 7) is 7.69. The lowest BCUT2D eigenvalue weighted by atomic mass is 10.1. The van der Waals surface area contributed by atoms with E-state index in [9.17, 15) is 4.79 Å². The molecule has 0 rings (SSSR count). The van der Waals surface area contributed by atoms with Crippen molar-refractivity contribution < 1.29 is 4.79 Å². The molecule has 0 aliphatic rings. The number of carbonyl (C=O) groups excluding carboxylic acids is 1. The largest absolute Gasteiger partial charge is 0.328 e. The maximum atomic E-state index is 10.5. The summed E-state index contributed by atoms with van der Waals surface area (Å²) in [5.74, 6) is 0.250. The van der Waals surface area contributed by atoms with Gasteiger partial charge in [-0.15, -0.1) is 0 Å². The molecule has 2 nitrogen and oxygen atoms in total. The molecule has 0 amide bonds. The number of nitrogens with two attached hydrogens (primary N) is 1. The zero-order valence-electron chi connectivity index (χ0n) is 7.48. The van der Waals surface area contributed by atoms with Gasteiger partial charge in [-0.1, -0.05) is 20.8 Å².